The molecular weight excluding hydrogens is 467 g/mol. The van der Waals surface area contributed by atoms with E-state index in [4.69, 9.17) is 4.74 Å². The van der Waals surface area contributed by atoms with Gasteiger partial charge in [-0.2, -0.15) is 22.0 Å². The lowest BCUT2D eigenvalue weighted by Gasteiger charge is -2.24. The third-order valence-electron chi connectivity index (χ3n) is 3.95. The van der Waals surface area contributed by atoms with Crippen LogP contribution in [0.15, 0.2) is 28.9 Å². The van der Waals surface area contributed by atoms with Gasteiger partial charge in [0, 0.05) is 22.0 Å². The molecule has 1 aromatic heterocycles. The minimum absolute atomic E-state index is 0.00651. The van der Waals surface area contributed by atoms with E-state index in [0.717, 1.165) is 10.2 Å². The molecule has 2 rings (SSSR count). The molecule has 28 heavy (non-hydrogen) atoms. The Kier molecular flexibility index (Phi) is 6.87. The van der Waals surface area contributed by atoms with Crippen molar-refractivity contribution in [3.63, 3.8) is 0 Å². The molecule has 0 saturated heterocycles. The first-order chi connectivity index (χ1) is 12.7. The van der Waals surface area contributed by atoms with E-state index in [2.05, 4.69) is 39.7 Å². The summed E-state index contributed by atoms with van der Waals surface area (Å²) in [4.78, 5) is 3.64. The highest BCUT2D eigenvalue weighted by molar-refractivity contribution is 9.10. The lowest BCUT2D eigenvalue weighted by Crippen LogP contribution is -2.34. The number of aryl methyl sites for hydroxylation is 1. The third kappa shape index (κ3) is 5.48. The molecule has 0 bridgehead atoms. The van der Waals surface area contributed by atoms with Crippen molar-refractivity contribution in [3.8, 4) is 11.4 Å². The molecule has 0 aliphatic carbocycles. The Labute approximate surface area is 170 Å². The average molecular weight is 489 g/mol. The number of rotatable bonds is 7. The Hall–Kier alpha value is -1.13. The second kappa shape index (κ2) is 8.31. The van der Waals surface area contributed by atoms with Crippen molar-refractivity contribution in [2.75, 3.05) is 31.1 Å². The number of imidazole rings is 1. The Bertz CT molecular complexity index is 830. The topological polar surface area (TPSA) is 27.1 Å². The molecule has 0 N–H and O–H groups in total. The van der Waals surface area contributed by atoms with Crippen molar-refractivity contribution in [2.45, 2.75) is 25.8 Å². The maximum atomic E-state index is 13.8. The zero-order valence-electron chi connectivity index (χ0n) is 15.9. The Morgan fingerprint density at radius 3 is 2.32 bits per heavy atom. The number of hydrogen-bond acceptors (Lipinski definition) is 2. The molecule has 0 saturated carbocycles. The van der Waals surface area contributed by atoms with Crippen LogP contribution in [0, 0.1) is 6.92 Å². The summed E-state index contributed by atoms with van der Waals surface area (Å²) in [5.74, 6) is -4.25. The quantitative estimate of drug-likeness (QED) is 0.356. The van der Waals surface area contributed by atoms with Crippen LogP contribution in [0.2, 0.25) is 0 Å². The van der Waals surface area contributed by atoms with E-state index >= 15 is 0 Å². The van der Waals surface area contributed by atoms with Crippen LogP contribution in [-0.2, 0) is 17.4 Å². The monoisotopic (exact) mass is 488 g/mol. The molecule has 0 radical (unpaired) electrons. The molecule has 2 aromatic rings. The van der Waals surface area contributed by atoms with Gasteiger partial charge in [-0.3, -0.25) is 0 Å². The molecule has 3 nitrogen and oxygen atoms in total. The SMILES string of the molecule is Cc1cc(Br)ccc1-c1nc(C(F)(F)C(F)(F)F)cn1COCCS(C)(C)C. The smallest absolute Gasteiger partial charge is 0.360 e. The molecule has 0 amide bonds. The summed E-state index contributed by atoms with van der Waals surface area (Å²) in [6.45, 7) is 1.94. The van der Waals surface area contributed by atoms with Gasteiger partial charge in [0.2, 0.25) is 0 Å². The van der Waals surface area contributed by atoms with Crippen LogP contribution in [0.1, 0.15) is 11.3 Å². The highest BCUT2D eigenvalue weighted by atomic mass is 79.9. The van der Waals surface area contributed by atoms with Crippen LogP contribution in [-0.4, -0.2) is 46.9 Å². The molecule has 10 heteroatoms. The molecule has 0 spiro atoms. The van der Waals surface area contributed by atoms with Gasteiger partial charge in [0.05, 0.1) is 6.61 Å². The van der Waals surface area contributed by atoms with Gasteiger partial charge in [0.25, 0.3) is 0 Å². The minimum atomic E-state index is -5.73. The highest BCUT2D eigenvalue weighted by Crippen LogP contribution is 2.44. The van der Waals surface area contributed by atoms with Gasteiger partial charge >= 0.3 is 12.1 Å². The van der Waals surface area contributed by atoms with Gasteiger partial charge in [-0.25, -0.2) is 15.0 Å². The molecule has 0 atom stereocenters. The maximum Gasteiger partial charge on any atom is 0.459 e. The van der Waals surface area contributed by atoms with E-state index in [1.54, 1.807) is 25.1 Å². The van der Waals surface area contributed by atoms with Crippen LogP contribution < -0.4 is 0 Å². The van der Waals surface area contributed by atoms with Crippen LogP contribution in [0.5, 0.6) is 0 Å². The number of ether oxygens (including phenoxy) is 1. The third-order valence-corrected chi connectivity index (χ3v) is 5.84. The van der Waals surface area contributed by atoms with E-state index < -0.39 is 27.8 Å². The lowest BCUT2D eigenvalue weighted by molar-refractivity contribution is -0.290. The molecule has 158 valence electrons. The van der Waals surface area contributed by atoms with E-state index in [9.17, 15) is 22.0 Å². The molecule has 0 unspecified atom stereocenters. The number of benzene rings is 1. The zero-order chi connectivity index (χ0) is 21.3. The predicted octanol–water partition coefficient (Wildman–Crippen LogP) is 5.94. The average Bonchev–Trinajstić information content (AvgIpc) is 2.94. The second-order valence-corrected chi connectivity index (χ2v) is 12.8. The van der Waals surface area contributed by atoms with Crippen molar-refractivity contribution in [1.29, 1.82) is 0 Å². The summed E-state index contributed by atoms with van der Waals surface area (Å²) < 4.78 is 73.6. The van der Waals surface area contributed by atoms with Crippen LogP contribution in [0.4, 0.5) is 22.0 Å². The largest absolute Gasteiger partial charge is 0.459 e. The second-order valence-electron chi connectivity index (χ2n) is 7.28. The van der Waals surface area contributed by atoms with Crippen molar-refractivity contribution in [2.24, 2.45) is 0 Å². The molecule has 0 aliphatic heterocycles. The summed E-state index contributed by atoms with van der Waals surface area (Å²) in [6, 6.07) is 5.03. The molecule has 1 aromatic carbocycles. The summed E-state index contributed by atoms with van der Waals surface area (Å²) in [6.07, 6.45) is 1.30. The molecule has 0 aliphatic rings. The van der Waals surface area contributed by atoms with Crippen molar-refractivity contribution in [1.82, 2.24) is 9.55 Å². The van der Waals surface area contributed by atoms with E-state index in [0.29, 0.717) is 23.9 Å². The first kappa shape index (κ1) is 23.2. The fraction of sp³-hybridized carbons (Fsp3) is 0.500. The number of alkyl halides is 5. The predicted molar refractivity (Wildman–Crippen MR) is 106 cm³/mol. The summed E-state index contributed by atoms with van der Waals surface area (Å²) in [7, 11) is -0.814. The summed E-state index contributed by atoms with van der Waals surface area (Å²) in [5.41, 5.74) is -0.206. The summed E-state index contributed by atoms with van der Waals surface area (Å²) >= 11 is 3.30. The number of aromatic nitrogens is 2. The van der Waals surface area contributed by atoms with Gasteiger partial charge in [-0.1, -0.05) is 15.9 Å². The van der Waals surface area contributed by atoms with E-state index in [1.165, 1.54) is 4.57 Å². The van der Waals surface area contributed by atoms with Crippen LogP contribution in [0.3, 0.4) is 0 Å². The zero-order valence-corrected chi connectivity index (χ0v) is 18.3. The Morgan fingerprint density at radius 1 is 1.14 bits per heavy atom. The first-order valence-corrected chi connectivity index (χ1v) is 12.1. The van der Waals surface area contributed by atoms with Gasteiger partial charge in [-0.15, -0.1) is 0 Å². The fourth-order valence-electron chi connectivity index (χ4n) is 2.38. The summed E-state index contributed by atoms with van der Waals surface area (Å²) in [5, 5.41) is 0. The van der Waals surface area contributed by atoms with Gasteiger partial charge < -0.3 is 9.30 Å². The van der Waals surface area contributed by atoms with Gasteiger partial charge in [-0.05, 0) is 49.5 Å². The first-order valence-electron chi connectivity index (χ1n) is 8.25. The standard InChI is InChI=1S/C18H22BrF5N2OS/c1-12-9-13(19)5-6-14(12)16-25-15(17(20,21)18(22,23)24)10-26(16)11-27-7-8-28(2,3)4/h5-6,9-10H,7-8,11H2,1-4H3. The number of halogens is 6. The molecule has 0 fully saturated rings. The van der Waals surface area contributed by atoms with Crippen molar-refractivity contribution >= 4 is 26.0 Å². The normalized spacial score (nSPS) is 13.8. The number of hydrogen-bond donors (Lipinski definition) is 0. The molecular formula is C18H22BrF5N2OS. The van der Waals surface area contributed by atoms with Crippen LogP contribution in [0.25, 0.3) is 11.4 Å². The maximum absolute atomic E-state index is 13.8. The number of nitrogens with zero attached hydrogens (tertiary/aromatic N) is 2. The highest BCUT2D eigenvalue weighted by Gasteiger charge is 2.60. The Morgan fingerprint density at radius 2 is 1.79 bits per heavy atom. The molecule has 1 heterocycles. The van der Waals surface area contributed by atoms with Crippen molar-refractivity contribution in [3.05, 3.63) is 40.1 Å². The van der Waals surface area contributed by atoms with Crippen LogP contribution >= 0.6 is 26.0 Å². The van der Waals surface area contributed by atoms with E-state index in [-0.39, 0.29) is 12.6 Å². The van der Waals surface area contributed by atoms with Gasteiger partial charge in [0.15, 0.2) is 0 Å². The van der Waals surface area contributed by atoms with E-state index in [1.807, 2.05) is 0 Å². The lowest BCUT2D eigenvalue weighted by atomic mass is 10.1. The minimum Gasteiger partial charge on any atom is -0.360 e. The van der Waals surface area contributed by atoms with Crippen molar-refractivity contribution < 1.29 is 26.7 Å². The fourth-order valence-corrected chi connectivity index (χ4v) is 3.47. The van der Waals surface area contributed by atoms with Gasteiger partial charge in [0.1, 0.15) is 18.2 Å². The Balaban J connectivity index is 2.41.